The van der Waals surface area contributed by atoms with Crippen molar-refractivity contribution < 1.29 is 23.8 Å². The molecule has 3 heterocycles. The summed E-state index contributed by atoms with van der Waals surface area (Å²) in [7, 11) is 0. The monoisotopic (exact) mass is 400 g/mol. The zero-order chi connectivity index (χ0) is 20.4. The smallest absolute Gasteiger partial charge is 0.313 e. The average Bonchev–Trinajstić information content (AvgIpc) is 3.29. The maximum Gasteiger partial charge on any atom is 0.313 e. The maximum absolute atomic E-state index is 13.5. The molecule has 7 heteroatoms. The Bertz CT molecular complexity index is 876. The first-order valence-corrected chi connectivity index (χ1v) is 10.4. The van der Waals surface area contributed by atoms with Crippen molar-refractivity contribution in [3.63, 3.8) is 0 Å². The molecule has 29 heavy (non-hydrogen) atoms. The van der Waals surface area contributed by atoms with E-state index in [0.717, 1.165) is 31.1 Å². The highest BCUT2D eigenvalue weighted by molar-refractivity contribution is 5.96. The number of ether oxygens (including phenoxy) is 3. The fourth-order valence-electron chi connectivity index (χ4n) is 5.38. The first kappa shape index (κ1) is 18.7. The predicted molar refractivity (Wildman–Crippen MR) is 104 cm³/mol. The van der Waals surface area contributed by atoms with Gasteiger partial charge in [0, 0.05) is 38.1 Å². The van der Waals surface area contributed by atoms with Crippen molar-refractivity contribution in [2.75, 3.05) is 33.0 Å². The highest BCUT2D eigenvalue weighted by Gasteiger charge is 2.76. The number of amides is 1. The lowest BCUT2D eigenvalue weighted by molar-refractivity contribution is -0.175. The van der Waals surface area contributed by atoms with Crippen LogP contribution in [0.5, 0.6) is 11.5 Å². The van der Waals surface area contributed by atoms with Gasteiger partial charge in [-0.1, -0.05) is 19.9 Å². The number of fused-ring (bicyclic) bond motifs is 3. The van der Waals surface area contributed by atoms with Crippen molar-refractivity contribution in [2.45, 2.75) is 45.8 Å². The van der Waals surface area contributed by atoms with Gasteiger partial charge in [0.25, 0.3) is 5.91 Å². The zero-order valence-corrected chi connectivity index (χ0v) is 17.3. The van der Waals surface area contributed by atoms with E-state index in [2.05, 4.69) is 11.0 Å². The minimum absolute atomic E-state index is 0.0141. The minimum Gasteiger partial charge on any atom is -0.454 e. The molecule has 0 unspecified atom stereocenters. The molecule has 3 aliphatic heterocycles. The molecule has 4 aliphatic rings. The van der Waals surface area contributed by atoms with Gasteiger partial charge in [-0.2, -0.15) is 0 Å². The minimum atomic E-state index is -1.00. The van der Waals surface area contributed by atoms with Crippen molar-refractivity contribution in [1.29, 1.82) is 0 Å². The first-order chi connectivity index (χ1) is 13.8. The molecule has 0 N–H and O–H groups in total. The third kappa shape index (κ3) is 2.46. The lowest BCUT2D eigenvalue weighted by atomic mass is 9.66. The normalized spacial score (nSPS) is 32.5. The Hall–Kier alpha value is -2.28. The van der Waals surface area contributed by atoms with Gasteiger partial charge >= 0.3 is 5.97 Å². The molecule has 156 valence electrons. The number of esters is 1. The summed E-state index contributed by atoms with van der Waals surface area (Å²) in [5.74, 6) is 1.36. The van der Waals surface area contributed by atoms with E-state index in [-0.39, 0.29) is 18.7 Å². The summed E-state index contributed by atoms with van der Waals surface area (Å²) in [6.45, 7) is 9.94. The largest absolute Gasteiger partial charge is 0.454 e. The van der Waals surface area contributed by atoms with Crippen LogP contribution >= 0.6 is 0 Å². The molecular weight excluding hydrogens is 372 g/mol. The van der Waals surface area contributed by atoms with Crippen LogP contribution in [0.2, 0.25) is 0 Å². The Morgan fingerprint density at radius 1 is 1.03 bits per heavy atom. The summed E-state index contributed by atoms with van der Waals surface area (Å²) < 4.78 is 16.6. The van der Waals surface area contributed by atoms with Crippen molar-refractivity contribution in [1.82, 2.24) is 9.80 Å². The van der Waals surface area contributed by atoms with E-state index < -0.39 is 16.4 Å². The van der Waals surface area contributed by atoms with Crippen molar-refractivity contribution in [2.24, 2.45) is 10.8 Å². The number of hydrogen-bond donors (Lipinski definition) is 0. The van der Waals surface area contributed by atoms with E-state index in [0.29, 0.717) is 25.9 Å². The molecule has 1 aliphatic carbocycles. The first-order valence-electron chi connectivity index (χ1n) is 10.4. The Kier molecular flexibility index (Phi) is 3.95. The van der Waals surface area contributed by atoms with Crippen molar-refractivity contribution in [3.8, 4) is 11.5 Å². The van der Waals surface area contributed by atoms with Crippen LogP contribution in [0.25, 0.3) is 0 Å². The summed E-state index contributed by atoms with van der Waals surface area (Å²) in [6.07, 6.45) is 1.34. The van der Waals surface area contributed by atoms with Crippen LogP contribution in [-0.4, -0.2) is 60.2 Å². The van der Waals surface area contributed by atoms with Gasteiger partial charge in [-0.15, -0.1) is 0 Å². The fourth-order valence-corrected chi connectivity index (χ4v) is 5.38. The second kappa shape index (κ2) is 6.11. The highest BCUT2D eigenvalue weighted by Crippen LogP contribution is 2.66. The average molecular weight is 400 g/mol. The van der Waals surface area contributed by atoms with Gasteiger partial charge in [-0.25, -0.2) is 0 Å². The zero-order valence-electron chi connectivity index (χ0n) is 17.3. The Morgan fingerprint density at radius 3 is 2.41 bits per heavy atom. The second-order valence-corrected chi connectivity index (χ2v) is 9.43. The summed E-state index contributed by atoms with van der Waals surface area (Å²) in [5.41, 5.74) is -0.884. The van der Waals surface area contributed by atoms with Gasteiger partial charge in [0.2, 0.25) is 6.79 Å². The molecule has 1 aromatic carbocycles. The maximum atomic E-state index is 13.5. The third-order valence-corrected chi connectivity index (χ3v) is 7.93. The molecule has 5 rings (SSSR count). The van der Waals surface area contributed by atoms with E-state index >= 15 is 0 Å². The number of rotatable bonds is 3. The molecule has 7 nitrogen and oxygen atoms in total. The predicted octanol–water partition coefficient (Wildman–Crippen LogP) is 2.18. The van der Waals surface area contributed by atoms with Crippen molar-refractivity contribution >= 4 is 11.9 Å². The van der Waals surface area contributed by atoms with E-state index in [9.17, 15) is 9.59 Å². The number of nitrogens with zero attached hydrogens (tertiary/aromatic N) is 2. The van der Waals surface area contributed by atoms with Crippen LogP contribution < -0.4 is 9.47 Å². The lowest BCUT2D eigenvalue weighted by Gasteiger charge is -2.42. The molecule has 1 amide bonds. The molecule has 2 atom stereocenters. The van der Waals surface area contributed by atoms with Crippen LogP contribution in [-0.2, 0) is 20.9 Å². The summed E-state index contributed by atoms with van der Waals surface area (Å²) in [6, 6.07) is 6.03. The molecule has 1 aromatic rings. The number of benzene rings is 1. The van der Waals surface area contributed by atoms with E-state index in [4.69, 9.17) is 14.2 Å². The fraction of sp³-hybridized carbons (Fsp3) is 0.636. The van der Waals surface area contributed by atoms with Crippen LogP contribution in [0.4, 0.5) is 0 Å². The highest BCUT2D eigenvalue weighted by atomic mass is 16.7. The number of carbonyl (C=O) groups is 2. The van der Waals surface area contributed by atoms with Crippen LogP contribution in [0, 0.1) is 10.8 Å². The van der Waals surface area contributed by atoms with Gasteiger partial charge in [-0.05, 0) is 37.5 Å². The number of piperazine rings is 1. The van der Waals surface area contributed by atoms with E-state index in [1.807, 2.05) is 37.8 Å². The second-order valence-electron chi connectivity index (χ2n) is 9.43. The van der Waals surface area contributed by atoms with Crippen molar-refractivity contribution in [3.05, 3.63) is 23.8 Å². The Balaban J connectivity index is 1.24. The summed E-state index contributed by atoms with van der Waals surface area (Å²) >= 11 is 0. The molecule has 1 saturated carbocycles. The number of carbonyl (C=O) groups excluding carboxylic acids is 2. The molecule has 0 radical (unpaired) electrons. The lowest BCUT2D eigenvalue weighted by Crippen LogP contribution is -2.59. The molecular formula is C22H28N2O5. The SMILES string of the molecule is CC1(C)[C@@]2(C)CC[C@@]1(C(=O)N1CCN(Cc3ccc4c(c3)OCO4)CC1)OC2=O. The van der Waals surface area contributed by atoms with Crippen LogP contribution in [0.3, 0.4) is 0 Å². The van der Waals surface area contributed by atoms with Gasteiger partial charge in [0.05, 0.1) is 5.41 Å². The van der Waals surface area contributed by atoms with E-state index in [1.54, 1.807) is 0 Å². The third-order valence-electron chi connectivity index (χ3n) is 7.93. The van der Waals surface area contributed by atoms with Gasteiger partial charge in [-0.3, -0.25) is 14.5 Å². The Morgan fingerprint density at radius 2 is 1.76 bits per heavy atom. The topological polar surface area (TPSA) is 68.3 Å². The van der Waals surface area contributed by atoms with Gasteiger partial charge in [0.15, 0.2) is 17.1 Å². The van der Waals surface area contributed by atoms with Crippen LogP contribution in [0.15, 0.2) is 18.2 Å². The standard InChI is InChI=1S/C22H28N2O5/c1-20(2)21(3)6-7-22(20,29-19(21)26)18(25)24-10-8-23(9-11-24)13-15-4-5-16-17(12-15)28-14-27-16/h4-5,12H,6-11,13-14H2,1-3H3/t21-,22-/m0/s1. The molecule has 2 saturated heterocycles. The molecule has 2 bridgehead atoms. The molecule has 0 spiro atoms. The Labute approximate surface area is 170 Å². The summed E-state index contributed by atoms with van der Waals surface area (Å²) in [5, 5.41) is 0. The van der Waals surface area contributed by atoms with E-state index in [1.165, 1.54) is 5.56 Å². The van der Waals surface area contributed by atoms with Gasteiger partial charge in [0.1, 0.15) is 0 Å². The number of hydrogen-bond acceptors (Lipinski definition) is 6. The van der Waals surface area contributed by atoms with Crippen LogP contribution in [0.1, 0.15) is 39.2 Å². The molecule has 3 fully saturated rings. The molecule has 0 aromatic heterocycles. The van der Waals surface area contributed by atoms with Gasteiger partial charge < -0.3 is 19.1 Å². The summed E-state index contributed by atoms with van der Waals surface area (Å²) in [4.78, 5) is 30.2. The quantitative estimate of drug-likeness (QED) is 0.725.